The van der Waals surface area contributed by atoms with Gasteiger partial charge < -0.3 is 5.32 Å². The Bertz CT molecular complexity index is 506. The SMILES string of the molecule is Cc1nnc(NCC2Cc3ccccc32)s1. The van der Waals surface area contributed by atoms with E-state index in [0.29, 0.717) is 5.92 Å². The molecule has 1 aromatic heterocycles. The van der Waals surface area contributed by atoms with Crippen molar-refractivity contribution >= 4 is 16.5 Å². The second-order valence-electron chi connectivity index (χ2n) is 4.11. The van der Waals surface area contributed by atoms with E-state index in [1.807, 2.05) is 6.92 Å². The molecule has 0 spiro atoms. The number of anilines is 1. The third-order valence-corrected chi connectivity index (χ3v) is 3.78. The standard InChI is InChI=1S/C12H13N3S/c1-8-14-15-12(16-8)13-7-10-6-9-4-2-3-5-11(9)10/h2-5,10H,6-7H2,1H3,(H,13,15). The van der Waals surface area contributed by atoms with Gasteiger partial charge in [0.05, 0.1) is 0 Å². The van der Waals surface area contributed by atoms with E-state index in [1.54, 1.807) is 11.3 Å². The lowest BCUT2D eigenvalue weighted by molar-refractivity contribution is 0.635. The maximum atomic E-state index is 4.06. The Labute approximate surface area is 98.5 Å². The fourth-order valence-electron chi connectivity index (χ4n) is 2.12. The molecule has 1 aromatic carbocycles. The molecular weight excluding hydrogens is 218 g/mol. The molecule has 1 aliphatic rings. The van der Waals surface area contributed by atoms with Crippen molar-refractivity contribution in [1.29, 1.82) is 0 Å². The monoisotopic (exact) mass is 231 g/mol. The van der Waals surface area contributed by atoms with Gasteiger partial charge >= 0.3 is 0 Å². The fraction of sp³-hybridized carbons (Fsp3) is 0.333. The summed E-state index contributed by atoms with van der Waals surface area (Å²) in [5.41, 5.74) is 2.97. The highest BCUT2D eigenvalue weighted by Crippen LogP contribution is 2.34. The number of hydrogen-bond donors (Lipinski definition) is 1. The number of aryl methyl sites for hydroxylation is 1. The first-order chi connectivity index (χ1) is 7.83. The lowest BCUT2D eigenvalue weighted by Gasteiger charge is -2.29. The Kier molecular flexibility index (Phi) is 2.36. The first-order valence-electron chi connectivity index (χ1n) is 5.45. The van der Waals surface area contributed by atoms with Gasteiger partial charge in [-0.15, -0.1) is 10.2 Å². The molecule has 0 radical (unpaired) electrons. The molecule has 0 aliphatic heterocycles. The zero-order valence-electron chi connectivity index (χ0n) is 9.10. The van der Waals surface area contributed by atoms with Gasteiger partial charge in [0.25, 0.3) is 0 Å². The quantitative estimate of drug-likeness (QED) is 0.882. The molecule has 3 nitrogen and oxygen atoms in total. The Hall–Kier alpha value is -1.42. The van der Waals surface area contributed by atoms with Crippen LogP contribution in [0.5, 0.6) is 0 Å². The maximum Gasteiger partial charge on any atom is 0.205 e. The van der Waals surface area contributed by atoms with Crippen molar-refractivity contribution in [1.82, 2.24) is 10.2 Å². The van der Waals surface area contributed by atoms with E-state index in [1.165, 1.54) is 17.5 Å². The van der Waals surface area contributed by atoms with E-state index in [9.17, 15) is 0 Å². The average Bonchev–Trinajstić information content (AvgIpc) is 2.66. The van der Waals surface area contributed by atoms with Gasteiger partial charge in [0.1, 0.15) is 5.01 Å². The van der Waals surface area contributed by atoms with Crippen LogP contribution in [0.1, 0.15) is 22.1 Å². The average molecular weight is 231 g/mol. The molecule has 1 heterocycles. The number of aromatic nitrogens is 2. The maximum absolute atomic E-state index is 4.06. The predicted octanol–water partition coefficient (Wildman–Crippen LogP) is 2.60. The third-order valence-electron chi connectivity index (χ3n) is 2.99. The molecule has 0 saturated carbocycles. The minimum absolute atomic E-state index is 0.639. The van der Waals surface area contributed by atoms with Crippen LogP contribution >= 0.6 is 11.3 Å². The summed E-state index contributed by atoms with van der Waals surface area (Å²) in [6, 6.07) is 8.65. The normalized spacial score (nSPS) is 17.7. The molecular formula is C12H13N3S. The molecule has 1 N–H and O–H groups in total. The summed E-state index contributed by atoms with van der Waals surface area (Å²) in [4.78, 5) is 0. The van der Waals surface area contributed by atoms with E-state index in [4.69, 9.17) is 0 Å². The molecule has 2 aromatic rings. The van der Waals surface area contributed by atoms with E-state index in [0.717, 1.165) is 16.7 Å². The molecule has 4 heteroatoms. The third kappa shape index (κ3) is 1.69. The van der Waals surface area contributed by atoms with Crippen LogP contribution in [0, 0.1) is 6.92 Å². The Morgan fingerprint density at radius 3 is 3.00 bits per heavy atom. The largest absolute Gasteiger partial charge is 0.359 e. The second-order valence-corrected chi connectivity index (χ2v) is 5.29. The van der Waals surface area contributed by atoms with Crippen LogP contribution in [-0.4, -0.2) is 16.7 Å². The highest BCUT2D eigenvalue weighted by atomic mass is 32.1. The molecule has 0 fully saturated rings. The van der Waals surface area contributed by atoms with Gasteiger partial charge in [-0.25, -0.2) is 0 Å². The van der Waals surface area contributed by atoms with Crippen LogP contribution in [0.2, 0.25) is 0 Å². The molecule has 0 saturated heterocycles. The molecule has 82 valence electrons. The van der Waals surface area contributed by atoms with Crippen LogP contribution in [0.15, 0.2) is 24.3 Å². The van der Waals surface area contributed by atoms with Gasteiger partial charge in [-0.05, 0) is 24.5 Å². The van der Waals surface area contributed by atoms with E-state index >= 15 is 0 Å². The molecule has 1 atom stereocenters. The zero-order chi connectivity index (χ0) is 11.0. The summed E-state index contributed by atoms with van der Waals surface area (Å²) in [5.74, 6) is 0.639. The Morgan fingerprint density at radius 1 is 1.38 bits per heavy atom. The van der Waals surface area contributed by atoms with Gasteiger partial charge in [0.2, 0.25) is 5.13 Å². The van der Waals surface area contributed by atoms with Crippen LogP contribution in [0.3, 0.4) is 0 Å². The lowest BCUT2D eigenvalue weighted by atomic mass is 9.78. The minimum atomic E-state index is 0.639. The molecule has 0 amide bonds. The highest BCUT2D eigenvalue weighted by molar-refractivity contribution is 7.15. The van der Waals surface area contributed by atoms with Crippen molar-refractivity contribution in [2.24, 2.45) is 0 Å². The molecule has 0 bridgehead atoms. The van der Waals surface area contributed by atoms with Gasteiger partial charge in [-0.2, -0.15) is 0 Å². The summed E-state index contributed by atoms with van der Waals surface area (Å²) in [6.45, 7) is 2.94. The predicted molar refractivity (Wildman–Crippen MR) is 66.0 cm³/mol. The molecule has 1 aliphatic carbocycles. The Balaban J connectivity index is 1.63. The van der Waals surface area contributed by atoms with Crippen molar-refractivity contribution in [2.45, 2.75) is 19.3 Å². The summed E-state index contributed by atoms with van der Waals surface area (Å²) >= 11 is 1.61. The van der Waals surface area contributed by atoms with Crippen molar-refractivity contribution < 1.29 is 0 Å². The number of nitrogens with zero attached hydrogens (tertiary/aromatic N) is 2. The van der Waals surface area contributed by atoms with Crippen LogP contribution in [-0.2, 0) is 6.42 Å². The molecule has 3 rings (SSSR count). The van der Waals surface area contributed by atoms with Gasteiger partial charge in [0, 0.05) is 12.5 Å². The smallest absolute Gasteiger partial charge is 0.205 e. The van der Waals surface area contributed by atoms with Gasteiger partial charge in [-0.3, -0.25) is 0 Å². The van der Waals surface area contributed by atoms with Crippen LogP contribution < -0.4 is 5.32 Å². The summed E-state index contributed by atoms with van der Waals surface area (Å²) in [5, 5.41) is 13.3. The topological polar surface area (TPSA) is 37.8 Å². The fourth-order valence-corrected chi connectivity index (χ4v) is 2.72. The second kappa shape index (κ2) is 3.87. The van der Waals surface area contributed by atoms with E-state index < -0.39 is 0 Å². The minimum Gasteiger partial charge on any atom is -0.359 e. The van der Waals surface area contributed by atoms with Crippen molar-refractivity contribution in [3.8, 4) is 0 Å². The number of benzene rings is 1. The zero-order valence-corrected chi connectivity index (χ0v) is 9.92. The number of fused-ring (bicyclic) bond motifs is 1. The first-order valence-corrected chi connectivity index (χ1v) is 6.26. The first kappa shape index (κ1) is 9.78. The van der Waals surface area contributed by atoms with E-state index in [-0.39, 0.29) is 0 Å². The Morgan fingerprint density at radius 2 is 2.25 bits per heavy atom. The van der Waals surface area contributed by atoms with Crippen molar-refractivity contribution in [2.75, 3.05) is 11.9 Å². The van der Waals surface area contributed by atoms with Crippen LogP contribution in [0.25, 0.3) is 0 Å². The van der Waals surface area contributed by atoms with Crippen molar-refractivity contribution in [3.05, 3.63) is 40.4 Å². The number of hydrogen-bond acceptors (Lipinski definition) is 4. The van der Waals surface area contributed by atoms with Gasteiger partial charge in [-0.1, -0.05) is 35.6 Å². The van der Waals surface area contributed by atoms with E-state index in [2.05, 4.69) is 39.8 Å². The molecule has 16 heavy (non-hydrogen) atoms. The van der Waals surface area contributed by atoms with Crippen LogP contribution in [0.4, 0.5) is 5.13 Å². The summed E-state index contributed by atoms with van der Waals surface area (Å²) < 4.78 is 0. The number of nitrogens with one attached hydrogen (secondary N) is 1. The lowest BCUT2D eigenvalue weighted by Crippen LogP contribution is -2.24. The summed E-state index contributed by atoms with van der Waals surface area (Å²) in [6.07, 6.45) is 1.18. The highest BCUT2D eigenvalue weighted by Gasteiger charge is 2.25. The molecule has 1 unspecified atom stereocenters. The van der Waals surface area contributed by atoms with Gasteiger partial charge in [0.15, 0.2) is 0 Å². The summed E-state index contributed by atoms with van der Waals surface area (Å²) in [7, 11) is 0. The van der Waals surface area contributed by atoms with Crippen molar-refractivity contribution in [3.63, 3.8) is 0 Å². The number of rotatable bonds is 3.